The van der Waals surface area contributed by atoms with Crippen molar-refractivity contribution in [3.05, 3.63) is 35.7 Å². The number of rotatable bonds is 4. The molecule has 2 aromatic heterocycles. The highest BCUT2D eigenvalue weighted by Crippen LogP contribution is 1.97. The Bertz CT molecular complexity index is 388. The molecule has 0 aliphatic carbocycles. The number of aromatic amines is 1. The molecule has 0 aliphatic rings. The van der Waals surface area contributed by atoms with Crippen molar-refractivity contribution in [3.63, 3.8) is 0 Å². The molecule has 5 nitrogen and oxygen atoms in total. The molecule has 15 heavy (non-hydrogen) atoms. The van der Waals surface area contributed by atoms with Crippen molar-refractivity contribution >= 4 is 0 Å². The fraction of sp³-hybridized carbons (Fsp3) is 0.400. The molecule has 80 valence electrons. The van der Waals surface area contributed by atoms with Gasteiger partial charge in [-0.15, -0.1) is 0 Å². The summed E-state index contributed by atoms with van der Waals surface area (Å²) < 4.78 is 1.80. The van der Waals surface area contributed by atoms with E-state index in [1.54, 1.807) is 4.68 Å². The number of hydrogen-bond acceptors (Lipinski definition) is 3. The van der Waals surface area contributed by atoms with Crippen molar-refractivity contribution in [2.75, 3.05) is 0 Å². The highest BCUT2D eigenvalue weighted by Gasteiger charge is 1.98. The van der Waals surface area contributed by atoms with E-state index in [-0.39, 0.29) is 0 Å². The fourth-order valence-electron chi connectivity index (χ4n) is 1.44. The normalized spacial score (nSPS) is 10.8. The summed E-state index contributed by atoms with van der Waals surface area (Å²) in [4.78, 5) is 7.30. The van der Waals surface area contributed by atoms with Gasteiger partial charge in [-0.3, -0.25) is 4.68 Å². The third-order valence-electron chi connectivity index (χ3n) is 2.15. The smallest absolute Gasteiger partial charge is 0.103 e. The molecule has 0 radical (unpaired) electrons. The number of hydrogen-bond donors (Lipinski definition) is 2. The van der Waals surface area contributed by atoms with Crippen LogP contribution in [-0.4, -0.2) is 19.7 Å². The van der Waals surface area contributed by atoms with Gasteiger partial charge in [0.15, 0.2) is 0 Å². The summed E-state index contributed by atoms with van der Waals surface area (Å²) in [7, 11) is 1.92. The second-order valence-corrected chi connectivity index (χ2v) is 3.58. The maximum absolute atomic E-state index is 4.28. The number of aromatic nitrogens is 4. The van der Waals surface area contributed by atoms with Crippen LogP contribution in [-0.2, 0) is 20.1 Å². The van der Waals surface area contributed by atoms with Gasteiger partial charge in [0.1, 0.15) is 5.82 Å². The van der Waals surface area contributed by atoms with Crippen molar-refractivity contribution in [3.8, 4) is 0 Å². The van der Waals surface area contributed by atoms with Gasteiger partial charge in [0, 0.05) is 38.2 Å². The van der Waals surface area contributed by atoms with Crippen molar-refractivity contribution < 1.29 is 0 Å². The lowest BCUT2D eigenvalue weighted by Crippen LogP contribution is -2.13. The van der Waals surface area contributed by atoms with Crippen LogP contribution in [0.3, 0.4) is 0 Å². The van der Waals surface area contributed by atoms with Gasteiger partial charge in [-0.1, -0.05) is 0 Å². The second-order valence-electron chi connectivity index (χ2n) is 3.58. The Hall–Kier alpha value is -1.62. The van der Waals surface area contributed by atoms with Gasteiger partial charge in [0.2, 0.25) is 0 Å². The predicted molar refractivity (Wildman–Crippen MR) is 57.1 cm³/mol. The average molecular weight is 205 g/mol. The zero-order valence-electron chi connectivity index (χ0n) is 8.99. The minimum absolute atomic E-state index is 0.777. The van der Waals surface area contributed by atoms with Gasteiger partial charge in [-0.25, -0.2) is 4.98 Å². The minimum atomic E-state index is 0.777. The first-order valence-corrected chi connectivity index (χ1v) is 4.94. The highest BCUT2D eigenvalue weighted by atomic mass is 15.3. The molecule has 0 saturated carbocycles. The molecule has 2 rings (SSSR count). The minimum Gasteiger partial charge on any atom is -0.345 e. The van der Waals surface area contributed by atoms with Crippen LogP contribution in [0, 0.1) is 6.92 Å². The Balaban J connectivity index is 1.80. The molecule has 0 fully saturated rings. The highest BCUT2D eigenvalue weighted by molar-refractivity contribution is 5.01. The van der Waals surface area contributed by atoms with Crippen LogP contribution in [0.15, 0.2) is 18.5 Å². The van der Waals surface area contributed by atoms with Crippen LogP contribution in [0.4, 0.5) is 0 Å². The molecule has 0 amide bonds. The first-order valence-electron chi connectivity index (χ1n) is 4.94. The molecular weight excluding hydrogens is 190 g/mol. The van der Waals surface area contributed by atoms with E-state index in [1.807, 2.05) is 32.4 Å². The van der Waals surface area contributed by atoms with Gasteiger partial charge in [-0.05, 0) is 13.0 Å². The third-order valence-corrected chi connectivity index (χ3v) is 2.15. The first-order chi connectivity index (χ1) is 7.24. The molecule has 0 atom stereocenters. The van der Waals surface area contributed by atoms with E-state index in [4.69, 9.17) is 0 Å². The third kappa shape index (κ3) is 2.66. The van der Waals surface area contributed by atoms with Gasteiger partial charge in [-0.2, -0.15) is 5.10 Å². The first kappa shape index (κ1) is 9.92. The standard InChI is InChI=1S/C10H15N5/c1-8-12-7-10(13-8)6-11-5-9-3-4-15(2)14-9/h3-4,7,11H,5-6H2,1-2H3,(H,12,13). The number of imidazole rings is 1. The van der Waals surface area contributed by atoms with Crippen LogP contribution in [0.25, 0.3) is 0 Å². The van der Waals surface area contributed by atoms with E-state index < -0.39 is 0 Å². The SMILES string of the molecule is Cc1ncc(CNCc2ccn(C)n2)[nH]1. The van der Waals surface area contributed by atoms with E-state index in [0.29, 0.717) is 0 Å². The zero-order valence-corrected chi connectivity index (χ0v) is 8.99. The van der Waals surface area contributed by atoms with Gasteiger partial charge in [0.05, 0.1) is 5.69 Å². The lowest BCUT2D eigenvalue weighted by Gasteiger charge is -1.99. The largest absolute Gasteiger partial charge is 0.345 e. The lowest BCUT2D eigenvalue weighted by molar-refractivity contribution is 0.649. The summed E-state index contributed by atoms with van der Waals surface area (Å²) in [5.41, 5.74) is 2.15. The Morgan fingerprint density at radius 2 is 2.33 bits per heavy atom. The van der Waals surface area contributed by atoms with Crippen LogP contribution >= 0.6 is 0 Å². The predicted octanol–water partition coefficient (Wildman–Crippen LogP) is 0.741. The Labute approximate surface area is 88.5 Å². The van der Waals surface area contributed by atoms with Crippen molar-refractivity contribution in [2.24, 2.45) is 7.05 Å². The molecule has 2 N–H and O–H groups in total. The summed E-state index contributed by atoms with van der Waals surface area (Å²) >= 11 is 0. The lowest BCUT2D eigenvalue weighted by atomic mass is 10.4. The molecule has 0 spiro atoms. The summed E-state index contributed by atoms with van der Waals surface area (Å²) in [5, 5.41) is 7.57. The van der Waals surface area contributed by atoms with E-state index in [9.17, 15) is 0 Å². The number of nitrogens with one attached hydrogen (secondary N) is 2. The van der Waals surface area contributed by atoms with E-state index in [2.05, 4.69) is 20.4 Å². The second kappa shape index (κ2) is 4.27. The van der Waals surface area contributed by atoms with Crippen LogP contribution in [0.2, 0.25) is 0 Å². The summed E-state index contributed by atoms with van der Waals surface area (Å²) in [5.74, 6) is 0.949. The molecule has 0 saturated heterocycles. The van der Waals surface area contributed by atoms with Gasteiger partial charge >= 0.3 is 0 Å². The fourth-order valence-corrected chi connectivity index (χ4v) is 1.44. The topological polar surface area (TPSA) is 58.5 Å². The molecule has 0 unspecified atom stereocenters. The average Bonchev–Trinajstić information content (AvgIpc) is 2.76. The Morgan fingerprint density at radius 3 is 2.93 bits per heavy atom. The molecule has 2 aromatic rings. The monoisotopic (exact) mass is 205 g/mol. The van der Waals surface area contributed by atoms with Crippen LogP contribution < -0.4 is 5.32 Å². The number of nitrogens with zero attached hydrogens (tertiary/aromatic N) is 3. The van der Waals surface area contributed by atoms with Gasteiger partial charge < -0.3 is 10.3 Å². The maximum atomic E-state index is 4.28. The Kier molecular flexibility index (Phi) is 2.82. The van der Waals surface area contributed by atoms with Crippen molar-refractivity contribution in [1.29, 1.82) is 0 Å². The quantitative estimate of drug-likeness (QED) is 0.774. The summed E-state index contributed by atoms with van der Waals surface area (Å²) in [6, 6.07) is 2.01. The van der Waals surface area contributed by atoms with Crippen LogP contribution in [0.5, 0.6) is 0 Å². The van der Waals surface area contributed by atoms with Crippen molar-refractivity contribution in [2.45, 2.75) is 20.0 Å². The number of H-pyrrole nitrogens is 1. The zero-order chi connectivity index (χ0) is 10.7. The van der Waals surface area contributed by atoms with Crippen LogP contribution in [0.1, 0.15) is 17.2 Å². The molecule has 0 aromatic carbocycles. The van der Waals surface area contributed by atoms with Gasteiger partial charge in [0.25, 0.3) is 0 Å². The molecule has 0 bridgehead atoms. The Morgan fingerprint density at radius 1 is 1.47 bits per heavy atom. The molecule has 0 aliphatic heterocycles. The van der Waals surface area contributed by atoms with Crippen molar-refractivity contribution in [1.82, 2.24) is 25.1 Å². The summed E-state index contributed by atoms with van der Waals surface area (Å²) in [6.07, 6.45) is 3.79. The molecule has 5 heteroatoms. The van der Waals surface area contributed by atoms with E-state index in [0.717, 1.165) is 30.3 Å². The van der Waals surface area contributed by atoms with E-state index in [1.165, 1.54) is 0 Å². The number of aryl methyl sites for hydroxylation is 2. The van der Waals surface area contributed by atoms with E-state index >= 15 is 0 Å². The molecular formula is C10H15N5. The summed E-state index contributed by atoms with van der Waals surface area (Å²) in [6.45, 7) is 3.51. The maximum Gasteiger partial charge on any atom is 0.103 e. The molecule has 2 heterocycles.